The molecule has 33 heavy (non-hydrogen) atoms. The Balaban J connectivity index is 1.99. The van der Waals surface area contributed by atoms with Crippen molar-refractivity contribution < 1.29 is 5.21 Å². The van der Waals surface area contributed by atoms with Crippen molar-refractivity contribution in [1.82, 2.24) is 0 Å². The minimum Gasteiger partial charge on any atom is -0.394 e. The highest BCUT2D eigenvalue weighted by atomic mass is 16.5. The topological polar surface area (TPSA) is 69.7 Å². The van der Waals surface area contributed by atoms with E-state index >= 15 is 0 Å². The predicted octanol–water partition coefficient (Wildman–Crippen LogP) is 6.20. The number of hydrogen-bond acceptors (Lipinski definition) is 4. The Hall–Kier alpha value is -4.38. The van der Waals surface area contributed by atoms with Crippen LogP contribution in [0.5, 0.6) is 0 Å². The highest BCUT2D eigenvalue weighted by Crippen LogP contribution is 2.56. The Labute approximate surface area is 192 Å². The molecular formula is C28H22N4O. The molecule has 5 rings (SSSR count). The van der Waals surface area contributed by atoms with Crippen molar-refractivity contribution in [2.75, 3.05) is 0 Å². The van der Waals surface area contributed by atoms with Crippen molar-refractivity contribution in [1.29, 1.82) is 0 Å². The molecule has 4 aromatic rings. The Bertz CT molecular complexity index is 1220. The Morgan fingerprint density at radius 2 is 0.879 bits per heavy atom. The second-order valence-electron chi connectivity index (χ2n) is 7.80. The summed E-state index contributed by atoms with van der Waals surface area (Å²) in [5.41, 5.74) is 1.93. The summed E-state index contributed by atoms with van der Waals surface area (Å²) in [6.45, 7) is 0. The number of rotatable bonds is 4. The first kappa shape index (κ1) is 20.5. The highest BCUT2D eigenvalue weighted by molar-refractivity contribution is 6.30. The predicted molar refractivity (Wildman–Crippen MR) is 130 cm³/mol. The first-order chi connectivity index (χ1) is 16.3. The van der Waals surface area contributed by atoms with Gasteiger partial charge in [0.2, 0.25) is 0 Å². The normalized spacial score (nSPS) is 16.4. The molecule has 0 saturated heterocycles. The van der Waals surface area contributed by atoms with E-state index in [1.165, 1.54) is 0 Å². The molecule has 5 nitrogen and oxygen atoms in total. The molecule has 160 valence electrons. The lowest BCUT2D eigenvalue weighted by molar-refractivity contribution is 0.288. The SMILES string of the molecule is ON=NC1=NC(c2ccccc2)(c2ccccc2)C(c2ccccc2)(c2ccccc2)N=C1. The molecule has 0 amide bonds. The average Bonchev–Trinajstić information content (AvgIpc) is 2.91. The first-order valence-corrected chi connectivity index (χ1v) is 10.7. The van der Waals surface area contributed by atoms with E-state index in [0.29, 0.717) is 0 Å². The molecule has 0 fully saturated rings. The van der Waals surface area contributed by atoms with Crippen molar-refractivity contribution in [3.05, 3.63) is 144 Å². The van der Waals surface area contributed by atoms with Crippen LogP contribution in [0.1, 0.15) is 22.3 Å². The van der Waals surface area contributed by atoms with Gasteiger partial charge in [-0.05, 0) is 22.3 Å². The van der Waals surface area contributed by atoms with E-state index in [1.807, 2.05) is 72.8 Å². The molecule has 1 aliphatic heterocycles. The van der Waals surface area contributed by atoms with Gasteiger partial charge in [-0.3, -0.25) is 4.99 Å². The van der Waals surface area contributed by atoms with E-state index in [4.69, 9.17) is 9.98 Å². The van der Waals surface area contributed by atoms with Gasteiger partial charge in [0, 0.05) is 5.28 Å². The Kier molecular flexibility index (Phi) is 5.37. The fourth-order valence-electron chi connectivity index (χ4n) is 4.79. The second kappa shape index (κ2) is 8.63. The smallest absolute Gasteiger partial charge is 0.192 e. The Morgan fingerprint density at radius 1 is 0.515 bits per heavy atom. The lowest BCUT2D eigenvalue weighted by Gasteiger charge is -2.48. The maximum atomic E-state index is 9.21. The third-order valence-corrected chi connectivity index (χ3v) is 6.09. The highest BCUT2D eigenvalue weighted by Gasteiger charge is 2.57. The van der Waals surface area contributed by atoms with E-state index in [1.54, 1.807) is 6.21 Å². The zero-order chi connectivity index (χ0) is 22.6. The molecule has 0 aromatic heterocycles. The summed E-state index contributed by atoms with van der Waals surface area (Å²) < 4.78 is 0. The van der Waals surface area contributed by atoms with Crippen LogP contribution in [0.15, 0.2) is 142 Å². The number of amidine groups is 1. The molecule has 0 bridgehead atoms. The van der Waals surface area contributed by atoms with Crippen LogP contribution in [0.4, 0.5) is 0 Å². The van der Waals surface area contributed by atoms with Gasteiger partial charge >= 0.3 is 0 Å². The van der Waals surface area contributed by atoms with Crippen molar-refractivity contribution >= 4 is 12.1 Å². The number of hydrogen-bond donors (Lipinski definition) is 1. The summed E-state index contributed by atoms with van der Waals surface area (Å²) in [5.74, 6) is 0.243. The molecule has 4 aromatic carbocycles. The van der Waals surface area contributed by atoms with Gasteiger partial charge in [-0.15, -0.1) is 0 Å². The van der Waals surface area contributed by atoms with Gasteiger partial charge in [-0.2, -0.15) is 0 Å². The van der Waals surface area contributed by atoms with Crippen molar-refractivity contribution in [3.63, 3.8) is 0 Å². The van der Waals surface area contributed by atoms with Gasteiger partial charge in [0.1, 0.15) is 11.1 Å². The van der Waals surface area contributed by atoms with Crippen LogP contribution in [0.2, 0.25) is 0 Å². The molecule has 0 radical (unpaired) electrons. The summed E-state index contributed by atoms with van der Waals surface area (Å²) in [6, 6.07) is 40.6. The van der Waals surface area contributed by atoms with Crippen LogP contribution >= 0.6 is 0 Å². The summed E-state index contributed by atoms with van der Waals surface area (Å²) in [7, 11) is 0. The lowest BCUT2D eigenvalue weighted by Crippen LogP contribution is -2.51. The standard InChI is InChI=1S/C28H22N4O/c33-32-31-26-21-29-27(22-13-5-1-6-14-22,23-15-7-2-8-16-23)28(30-26,24-17-9-3-10-18-24)25-19-11-4-12-20-25/h1-21H,(H,30,31,33). The minimum atomic E-state index is -1.02. The summed E-state index contributed by atoms with van der Waals surface area (Å²) >= 11 is 0. The molecule has 0 atom stereocenters. The fourth-order valence-corrected chi connectivity index (χ4v) is 4.79. The molecule has 5 heteroatoms. The lowest BCUT2D eigenvalue weighted by atomic mass is 9.61. The third-order valence-electron chi connectivity index (χ3n) is 6.09. The van der Waals surface area contributed by atoms with E-state index in [-0.39, 0.29) is 5.84 Å². The maximum Gasteiger partial charge on any atom is 0.192 e. The molecule has 1 heterocycles. The van der Waals surface area contributed by atoms with E-state index in [0.717, 1.165) is 22.3 Å². The zero-order valence-corrected chi connectivity index (χ0v) is 17.9. The number of aliphatic imine (C=N–C) groups is 2. The summed E-state index contributed by atoms with van der Waals surface area (Å²) in [4.78, 5) is 10.4. The summed E-state index contributed by atoms with van der Waals surface area (Å²) in [6.07, 6.45) is 1.59. The second-order valence-corrected chi connectivity index (χ2v) is 7.80. The zero-order valence-electron chi connectivity index (χ0n) is 17.9. The Morgan fingerprint density at radius 3 is 1.24 bits per heavy atom. The summed E-state index contributed by atoms with van der Waals surface area (Å²) in [5, 5.41) is 16.1. The number of benzene rings is 4. The molecule has 1 N–H and O–H groups in total. The van der Waals surface area contributed by atoms with E-state index in [9.17, 15) is 5.21 Å². The fraction of sp³-hybridized carbons (Fsp3) is 0.0714. The van der Waals surface area contributed by atoms with Crippen LogP contribution in [-0.2, 0) is 11.1 Å². The molecule has 0 saturated carbocycles. The van der Waals surface area contributed by atoms with Gasteiger partial charge in [-0.1, -0.05) is 126 Å². The van der Waals surface area contributed by atoms with Gasteiger partial charge in [0.05, 0.1) is 6.21 Å². The van der Waals surface area contributed by atoms with Gasteiger partial charge < -0.3 is 5.21 Å². The quantitative estimate of drug-likeness (QED) is 0.304. The van der Waals surface area contributed by atoms with Crippen molar-refractivity contribution in [3.8, 4) is 0 Å². The van der Waals surface area contributed by atoms with Crippen LogP contribution in [0.25, 0.3) is 0 Å². The minimum absolute atomic E-state index is 0.243. The molecular weight excluding hydrogens is 408 g/mol. The number of nitrogens with zero attached hydrogens (tertiary/aromatic N) is 4. The third kappa shape index (κ3) is 3.26. The maximum absolute atomic E-state index is 9.21. The van der Waals surface area contributed by atoms with Crippen molar-refractivity contribution in [2.24, 2.45) is 20.4 Å². The van der Waals surface area contributed by atoms with Gasteiger partial charge in [0.25, 0.3) is 0 Å². The van der Waals surface area contributed by atoms with Crippen molar-refractivity contribution in [2.45, 2.75) is 11.1 Å². The van der Waals surface area contributed by atoms with Crippen LogP contribution in [-0.4, -0.2) is 17.3 Å². The molecule has 0 unspecified atom stereocenters. The van der Waals surface area contributed by atoms with Gasteiger partial charge in [0.15, 0.2) is 5.84 Å². The van der Waals surface area contributed by atoms with E-state index < -0.39 is 11.1 Å². The largest absolute Gasteiger partial charge is 0.394 e. The van der Waals surface area contributed by atoms with Crippen LogP contribution < -0.4 is 0 Å². The van der Waals surface area contributed by atoms with Crippen LogP contribution in [0, 0.1) is 0 Å². The van der Waals surface area contributed by atoms with E-state index in [2.05, 4.69) is 58.9 Å². The molecule has 0 aliphatic carbocycles. The first-order valence-electron chi connectivity index (χ1n) is 10.7. The van der Waals surface area contributed by atoms with Crippen LogP contribution in [0.3, 0.4) is 0 Å². The molecule has 0 spiro atoms. The molecule has 1 aliphatic rings. The monoisotopic (exact) mass is 430 g/mol. The average molecular weight is 431 g/mol. The van der Waals surface area contributed by atoms with Gasteiger partial charge in [-0.25, -0.2) is 4.99 Å².